The molecule has 1 saturated heterocycles. The van der Waals surface area contributed by atoms with E-state index >= 15 is 0 Å². The van der Waals surface area contributed by atoms with Gasteiger partial charge in [-0.15, -0.1) is 0 Å². The summed E-state index contributed by atoms with van der Waals surface area (Å²) in [6.07, 6.45) is 1.81. The minimum atomic E-state index is -0.0993. The number of aryl methyl sites for hydroxylation is 1. The Morgan fingerprint density at radius 1 is 1.09 bits per heavy atom. The second kappa shape index (κ2) is 11.9. The molecule has 1 heterocycles. The molecule has 1 aliphatic rings. The lowest BCUT2D eigenvalue weighted by atomic mass is 10.2. The van der Waals surface area contributed by atoms with Crippen molar-refractivity contribution in [2.75, 3.05) is 40.6 Å². The Morgan fingerprint density at radius 2 is 1.78 bits per heavy atom. The van der Waals surface area contributed by atoms with Crippen molar-refractivity contribution in [3.05, 3.63) is 56.0 Å². The first kappa shape index (κ1) is 24.8. The maximum atomic E-state index is 12.2. The Labute approximate surface area is 211 Å². The molecule has 0 aromatic heterocycles. The average molecular weight is 585 g/mol. The number of nitrogens with zero attached hydrogens (tertiary/aromatic N) is 1. The van der Waals surface area contributed by atoms with Gasteiger partial charge < -0.3 is 18.9 Å². The van der Waals surface area contributed by atoms with Crippen molar-refractivity contribution in [2.24, 2.45) is 0 Å². The lowest BCUT2D eigenvalue weighted by Crippen LogP contribution is -2.22. The van der Waals surface area contributed by atoms with Crippen LogP contribution in [0.15, 0.2) is 41.3 Å². The molecule has 0 N–H and O–H groups in total. The maximum Gasteiger partial charge on any atom is 0.265 e. The minimum absolute atomic E-state index is 0.0993. The summed E-state index contributed by atoms with van der Waals surface area (Å²) in [5.41, 5.74) is 2.04. The van der Waals surface area contributed by atoms with Crippen molar-refractivity contribution >= 4 is 62.9 Å². The van der Waals surface area contributed by atoms with E-state index in [9.17, 15) is 4.79 Å². The molecule has 0 saturated carbocycles. The Morgan fingerprint density at radius 3 is 2.41 bits per heavy atom. The number of carbonyl (C=O) groups is 1. The SMILES string of the molecule is COc1cc(/C=C2/SC(=S)N(C)C2=O)cc(I)c1OCCOCCOc1ccc(C)cc1. The van der Waals surface area contributed by atoms with E-state index in [1.54, 1.807) is 14.2 Å². The molecule has 2 aromatic carbocycles. The molecular formula is C23H24INO5S2. The van der Waals surface area contributed by atoms with Crippen molar-refractivity contribution < 1.29 is 23.7 Å². The zero-order valence-electron chi connectivity index (χ0n) is 18.1. The predicted octanol–water partition coefficient (Wildman–Crippen LogP) is 4.91. The van der Waals surface area contributed by atoms with Crippen LogP contribution in [-0.2, 0) is 9.53 Å². The van der Waals surface area contributed by atoms with Crippen LogP contribution in [0.2, 0.25) is 0 Å². The number of hydrogen-bond donors (Lipinski definition) is 0. The van der Waals surface area contributed by atoms with E-state index in [1.807, 2.05) is 49.4 Å². The largest absolute Gasteiger partial charge is 0.493 e. The number of methoxy groups -OCH3 is 1. The lowest BCUT2D eigenvalue weighted by molar-refractivity contribution is -0.121. The number of halogens is 1. The van der Waals surface area contributed by atoms with E-state index in [0.29, 0.717) is 47.2 Å². The van der Waals surface area contributed by atoms with Crippen molar-refractivity contribution in [1.82, 2.24) is 4.90 Å². The van der Waals surface area contributed by atoms with Gasteiger partial charge in [0.15, 0.2) is 11.5 Å². The second-order valence-corrected chi connectivity index (χ2v) is 9.74. The third-order valence-corrected chi connectivity index (χ3v) is 6.81. The number of amides is 1. The van der Waals surface area contributed by atoms with Crippen LogP contribution in [0.25, 0.3) is 6.08 Å². The third-order valence-electron chi connectivity index (χ3n) is 4.53. The first-order chi connectivity index (χ1) is 15.4. The van der Waals surface area contributed by atoms with Gasteiger partial charge in [0.2, 0.25) is 0 Å². The van der Waals surface area contributed by atoms with E-state index in [-0.39, 0.29) is 5.91 Å². The maximum absolute atomic E-state index is 12.2. The Hall–Kier alpha value is -1.82. The summed E-state index contributed by atoms with van der Waals surface area (Å²) >= 11 is 8.67. The summed E-state index contributed by atoms with van der Waals surface area (Å²) in [4.78, 5) is 14.3. The standard InChI is InChI=1S/C23H24INO5S2/c1-15-4-6-17(7-5-15)29-10-8-28-9-11-30-21-18(24)12-16(13-19(21)27-3)14-20-22(26)25(2)23(31)32-20/h4-7,12-14H,8-11H2,1-3H3/b20-14+. The highest BCUT2D eigenvalue weighted by Gasteiger charge is 2.28. The number of thiocarbonyl (C=S) groups is 1. The van der Waals surface area contributed by atoms with Crippen molar-refractivity contribution in [1.29, 1.82) is 0 Å². The topological polar surface area (TPSA) is 57.2 Å². The summed E-state index contributed by atoms with van der Waals surface area (Å²) < 4.78 is 24.1. The zero-order valence-corrected chi connectivity index (χ0v) is 21.8. The smallest absolute Gasteiger partial charge is 0.265 e. The van der Waals surface area contributed by atoms with Crippen LogP contribution in [0.1, 0.15) is 11.1 Å². The normalized spacial score (nSPS) is 14.9. The van der Waals surface area contributed by atoms with E-state index in [4.69, 9.17) is 31.2 Å². The highest BCUT2D eigenvalue weighted by atomic mass is 127. The van der Waals surface area contributed by atoms with Crippen molar-refractivity contribution in [3.63, 3.8) is 0 Å². The van der Waals surface area contributed by atoms with Gasteiger partial charge >= 0.3 is 0 Å². The molecule has 0 atom stereocenters. The molecule has 0 spiro atoms. The van der Waals surface area contributed by atoms with Gasteiger partial charge in [0, 0.05) is 7.05 Å². The molecule has 0 aliphatic carbocycles. The molecule has 1 aliphatic heterocycles. The van der Waals surface area contributed by atoms with Crippen LogP contribution in [0, 0.1) is 10.5 Å². The summed E-state index contributed by atoms with van der Waals surface area (Å²) in [5.74, 6) is 1.97. The van der Waals surface area contributed by atoms with Gasteiger partial charge in [0.05, 0.1) is 28.8 Å². The molecule has 0 bridgehead atoms. The number of ether oxygens (including phenoxy) is 4. The highest BCUT2D eigenvalue weighted by molar-refractivity contribution is 14.1. The molecular weight excluding hydrogens is 561 g/mol. The van der Waals surface area contributed by atoms with E-state index in [0.717, 1.165) is 14.9 Å². The summed E-state index contributed by atoms with van der Waals surface area (Å²) in [5, 5.41) is 0. The minimum Gasteiger partial charge on any atom is -0.493 e. The van der Waals surface area contributed by atoms with Crippen LogP contribution in [-0.4, -0.2) is 55.7 Å². The van der Waals surface area contributed by atoms with E-state index in [1.165, 1.54) is 22.2 Å². The quantitative estimate of drug-likeness (QED) is 0.170. The summed E-state index contributed by atoms with van der Waals surface area (Å²) in [6.45, 7) is 3.79. The van der Waals surface area contributed by atoms with Crippen LogP contribution >= 0.6 is 46.6 Å². The van der Waals surface area contributed by atoms with Crippen LogP contribution < -0.4 is 14.2 Å². The molecule has 0 radical (unpaired) electrons. The van der Waals surface area contributed by atoms with Gasteiger partial charge in [-0.05, 0) is 65.4 Å². The van der Waals surface area contributed by atoms with Crippen LogP contribution in [0.3, 0.4) is 0 Å². The molecule has 0 unspecified atom stereocenters. The van der Waals surface area contributed by atoms with Crippen molar-refractivity contribution in [3.8, 4) is 17.2 Å². The summed E-state index contributed by atoms with van der Waals surface area (Å²) in [6, 6.07) is 11.7. The highest BCUT2D eigenvalue weighted by Crippen LogP contribution is 2.37. The Balaban J connectivity index is 1.49. The Bertz CT molecular complexity index is 1010. The molecule has 9 heteroatoms. The zero-order chi connectivity index (χ0) is 23.1. The van der Waals surface area contributed by atoms with Gasteiger partial charge in [-0.2, -0.15) is 0 Å². The molecule has 1 fully saturated rings. The fourth-order valence-electron chi connectivity index (χ4n) is 2.82. The number of benzene rings is 2. The first-order valence-corrected chi connectivity index (χ1v) is 12.2. The predicted molar refractivity (Wildman–Crippen MR) is 140 cm³/mol. The van der Waals surface area contributed by atoms with Crippen LogP contribution in [0.4, 0.5) is 0 Å². The number of carbonyl (C=O) groups excluding carboxylic acids is 1. The third kappa shape index (κ3) is 6.60. The fourth-order valence-corrected chi connectivity index (χ4v) is 4.78. The number of thioether (sulfide) groups is 1. The number of rotatable bonds is 10. The summed E-state index contributed by atoms with van der Waals surface area (Å²) in [7, 11) is 3.27. The van der Waals surface area contributed by atoms with Gasteiger partial charge in [-0.3, -0.25) is 9.69 Å². The molecule has 32 heavy (non-hydrogen) atoms. The monoisotopic (exact) mass is 585 g/mol. The average Bonchev–Trinajstić information content (AvgIpc) is 3.01. The van der Waals surface area contributed by atoms with Crippen LogP contribution in [0.5, 0.6) is 17.2 Å². The number of likely N-dealkylation sites (N-methyl/N-ethyl adjacent to an activating group) is 1. The molecule has 1 amide bonds. The molecule has 6 nitrogen and oxygen atoms in total. The van der Waals surface area contributed by atoms with Gasteiger partial charge in [0.25, 0.3) is 5.91 Å². The lowest BCUT2D eigenvalue weighted by Gasteiger charge is -2.14. The first-order valence-electron chi connectivity index (χ1n) is 9.88. The molecule has 2 aromatic rings. The van der Waals surface area contributed by atoms with Gasteiger partial charge in [-0.25, -0.2) is 0 Å². The Kier molecular flexibility index (Phi) is 9.21. The molecule has 3 rings (SSSR count). The van der Waals surface area contributed by atoms with Gasteiger partial charge in [0.1, 0.15) is 23.3 Å². The van der Waals surface area contributed by atoms with E-state index in [2.05, 4.69) is 22.6 Å². The second-order valence-electron chi connectivity index (χ2n) is 6.90. The van der Waals surface area contributed by atoms with Crippen molar-refractivity contribution in [2.45, 2.75) is 6.92 Å². The fraction of sp³-hybridized carbons (Fsp3) is 0.304. The number of hydrogen-bond acceptors (Lipinski definition) is 7. The van der Waals surface area contributed by atoms with Gasteiger partial charge in [-0.1, -0.05) is 41.7 Å². The van der Waals surface area contributed by atoms with E-state index < -0.39 is 0 Å². The molecule has 170 valence electrons.